The number of aromatic carboxylic acids is 1. The summed E-state index contributed by atoms with van der Waals surface area (Å²) in [7, 11) is 0. The van der Waals surface area contributed by atoms with Gasteiger partial charge in [-0.3, -0.25) is 4.79 Å². The Balaban J connectivity index is 2.42. The number of carbonyl (C=O) groups excluding carboxylic acids is 1. The number of carboxylic acids is 1. The minimum atomic E-state index is -5.08. The van der Waals surface area contributed by atoms with Crippen LogP contribution >= 0.6 is 11.3 Å². The van der Waals surface area contributed by atoms with Gasteiger partial charge >= 0.3 is 18.1 Å². The highest BCUT2D eigenvalue weighted by Gasteiger charge is 2.39. The molecule has 1 amide bonds. The van der Waals surface area contributed by atoms with Crippen LogP contribution in [0.15, 0.2) is 29.6 Å². The monoisotopic (exact) mass is 357 g/mol. The number of benzene rings is 1. The molecule has 2 N–H and O–H groups in total. The van der Waals surface area contributed by atoms with E-state index in [1.807, 2.05) is 26.0 Å². The third-order valence-electron chi connectivity index (χ3n) is 3.38. The van der Waals surface area contributed by atoms with Gasteiger partial charge in [-0.05, 0) is 17.0 Å². The molecule has 1 heterocycles. The molecule has 128 valence electrons. The molecule has 0 radical (unpaired) electrons. The van der Waals surface area contributed by atoms with Crippen LogP contribution in [-0.2, 0) is 4.79 Å². The minimum absolute atomic E-state index is 0.264. The standard InChI is InChI=1S/C16H14F3NO3S/c1-8(2)9-3-5-10(6-4-9)11-7-24-13(12(11)14(21)22)20-15(23)16(17,18)19/h3-8H,1-2H3,(H,20,23)(H,21,22). The number of rotatable bonds is 4. The number of anilines is 1. The zero-order valence-electron chi connectivity index (χ0n) is 12.8. The van der Waals surface area contributed by atoms with Crippen molar-refractivity contribution in [1.29, 1.82) is 0 Å². The molecule has 1 aromatic carbocycles. The van der Waals surface area contributed by atoms with Crippen molar-refractivity contribution in [2.24, 2.45) is 0 Å². The predicted octanol–water partition coefficient (Wildman–Crippen LogP) is 4.74. The largest absolute Gasteiger partial charge is 0.478 e. The summed E-state index contributed by atoms with van der Waals surface area (Å²) < 4.78 is 37.1. The van der Waals surface area contributed by atoms with Crippen LogP contribution in [0, 0.1) is 0 Å². The maximum atomic E-state index is 12.4. The van der Waals surface area contributed by atoms with E-state index >= 15 is 0 Å². The second-order valence-corrected chi connectivity index (χ2v) is 6.27. The molecule has 0 atom stereocenters. The van der Waals surface area contributed by atoms with E-state index in [1.165, 1.54) is 5.38 Å². The van der Waals surface area contributed by atoms with Gasteiger partial charge in [-0.1, -0.05) is 38.1 Å². The average Bonchev–Trinajstić information content (AvgIpc) is 2.90. The van der Waals surface area contributed by atoms with Crippen LogP contribution in [0.25, 0.3) is 11.1 Å². The van der Waals surface area contributed by atoms with Crippen molar-refractivity contribution in [1.82, 2.24) is 0 Å². The Kier molecular flexibility index (Phi) is 4.98. The van der Waals surface area contributed by atoms with Crippen molar-refractivity contribution in [3.8, 4) is 11.1 Å². The van der Waals surface area contributed by atoms with Crippen LogP contribution in [0.5, 0.6) is 0 Å². The van der Waals surface area contributed by atoms with E-state index in [-0.39, 0.29) is 16.1 Å². The molecule has 24 heavy (non-hydrogen) atoms. The van der Waals surface area contributed by atoms with Gasteiger partial charge in [-0.15, -0.1) is 11.3 Å². The van der Waals surface area contributed by atoms with Gasteiger partial charge in [-0.25, -0.2) is 4.79 Å². The Morgan fingerprint density at radius 3 is 2.21 bits per heavy atom. The molecular weight excluding hydrogens is 343 g/mol. The number of alkyl halides is 3. The van der Waals surface area contributed by atoms with E-state index in [0.717, 1.165) is 16.9 Å². The van der Waals surface area contributed by atoms with Crippen LogP contribution < -0.4 is 5.32 Å². The van der Waals surface area contributed by atoms with Crippen molar-refractivity contribution in [3.63, 3.8) is 0 Å². The summed E-state index contributed by atoms with van der Waals surface area (Å²) in [5.74, 6) is -3.31. The lowest BCUT2D eigenvalue weighted by Gasteiger charge is -2.09. The Morgan fingerprint density at radius 2 is 1.75 bits per heavy atom. The fourth-order valence-corrected chi connectivity index (χ4v) is 3.05. The SMILES string of the molecule is CC(C)c1ccc(-c2csc(NC(=O)C(F)(F)F)c2C(=O)O)cc1. The highest BCUT2D eigenvalue weighted by molar-refractivity contribution is 7.15. The van der Waals surface area contributed by atoms with Crippen molar-refractivity contribution >= 4 is 28.2 Å². The molecule has 4 nitrogen and oxygen atoms in total. The molecule has 0 saturated heterocycles. The van der Waals surface area contributed by atoms with E-state index in [2.05, 4.69) is 0 Å². The number of thiophene rings is 1. The first-order chi connectivity index (χ1) is 11.1. The molecule has 0 fully saturated rings. The van der Waals surface area contributed by atoms with Gasteiger partial charge in [-0.2, -0.15) is 13.2 Å². The van der Waals surface area contributed by atoms with Gasteiger partial charge in [0.2, 0.25) is 0 Å². The first kappa shape index (κ1) is 18.0. The smallest absolute Gasteiger partial charge is 0.471 e. The van der Waals surface area contributed by atoms with Crippen molar-refractivity contribution in [3.05, 3.63) is 40.8 Å². The zero-order chi connectivity index (χ0) is 18.1. The number of amides is 1. The van der Waals surface area contributed by atoms with Gasteiger partial charge in [0, 0.05) is 10.9 Å². The Labute approximate surface area is 139 Å². The molecule has 1 aromatic heterocycles. The third-order valence-corrected chi connectivity index (χ3v) is 4.27. The molecule has 0 aliphatic carbocycles. The summed E-state index contributed by atoms with van der Waals surface area (Å²) in [5, 5.41) is 12.0. The predicted molar refractivity (Wildman–Crippen MR) is 85.5 cm³/mol. The van der Waals surface area contributed by atoms with Gasteiger partial charge in [0.25, 0.3) is 0 Å². The van der Waals surface area contributed by atoms with Gasteiger partial charge in [0.15, 0.2) is 0 Å². The number of nitrogens with one attached hydrogen (secondary N) is 1. The zero-order valence-corrected chi connectivity index (χ0v) is 13.6. The van der Waals surface area contributed by atoms with Gasteiger partial charge in [0.1, 0.15) is 10.6 Å². The van der Waals surface area contributed by atoms with Crippen molar-refractivity contribution < 1.29 is 27.9 Å². The third kappa shape index (κ3) is 3.76. The molecule has 2 rings (SSSR count). The second kappa shape index (κ2) is 6.64. The quantitative estimate of drug-likeness (QED) is 0.831. The number of carbonyl (C=O) groups is 2. The van der Waals surface area contributed by atoms with Crippen molar-refractivity contribution in [2.45, 2.75) is 25.9 Å². The van der Waals surface area contributed by atoms with Crippen LogP contribution in [-0.4, -0.2) is 23.2 Å². The summed E-state index contributed by atoms with van der Waals surface area (Å²) in [4.78, 5) is 22.5. The lowest BCUT2D eigenvalue weighted by Crippen LogP contribution is -2.30. The molecule has 0 bridgehead atoms. The fourth-order valence-electron chi connectivity index (χ4n) is 2.10. The summed E-state index contributed by atoms with van der Waals surface area (Å²) in [6.07, 6.45) is -5.08. The van der Waals surface area contributed by atoms with Crippen LogP contribution in [0.4, 0.5) is 18.2 Å². The Morgan fingerprint density at radius 1 is 1.17 bits per heavy atom. The average molecular weight is 357 g/mol. The van der Waals surface area contributed by atoms with Crippen molar-refractivity contribution in [2.75, 3.05) is 5.32 Å². The lowest BCUT2D eigenvalue weighted by atomic mass is 9.98. The highest BCUT2D eigenvalue weighted by Crippen LogP contribution is 2.36. The van der Waals surface area contributed by atoms with Crippen LogP contribution in [0.2, 0.25) is 0 Å². The lowest BCUT2D eigenvalue weighted by molar-refractivity contribution is -0.167. The molecular formula is C16H14F3NO3S. The maximum Gasteiger partial charge on any atom is 0.471 e. The van der Waals surface area contributed by atoms with Gasteiger partial charge < -0.3 is 10.4 Å². The Hall–Kier alpha value is -2.35. The van der Waals surface area contributed by atoms with E-state index in [1.54, 1.807) is 17.4 Å². The van der Waals surface area contributed by atoms with Gasteiger partial charge in [0.05, 0.1) is 0 Å². The molecule has 0 aliphatic rings. The minimum Gasteiger partial charge on any atom is -0.478 e. The molecule has 0 unspecified atom stereocenters. The Bertz CT molecular complexity index is 764. The summed E-state index contributed by atoms with van der Waals surface area (Å²) in [6.45, 7) is 4.01. The molecule has 0 spiro atoms. The molecule has 8 heteroatoms. The summed E-state index contributed by atoms with van der Waals surface area (Å²) >= 11 is 0.741. The topological polar surface area (TPSA) is 66.4 Å². The highest BCUT2D eigenvalue weighted by atomic mass is 32.1. The summed E-state index contributed by atoms with van der Waals surface area (Å²) in [6, 6.07) is 7.08. The van der Waals surface area contributed by atoms with E-state index < -0.39 is 18.1 Å². The maximum absolute atomic E-state index is 12.4. The molecule has 0 saturated carbocycles. The number of halogens is 3. The van der Waals surface area contributed by atoms with E-state index in [9.17, 15) is 27.9 Å². The number of carboxylic acid groups (broad SMARTS) is 1. The fraction of sp³-hybridized carbons (Fsp3) is 0.250. The number of hydrogen-bond donors (Lipinski definition) is 2. The molecule has 0 aliphatic heterocycles. The van der Waals surface area contributed by atoms with Crippen LogP contribution in [0.3, 0.4) is 0 Å². The molecule has 2 aromatic rings. The number of hydrogen-bond acceptors (Lipinski definition) is 3. The van der Waals surface area contributed by atoms with E-state index in [4.69, 9.17) is 0 Å². The first-order valence-corrected chi connectivity index (χ1v) is 7.82. The summed E-state index contributed by atoms with van der Waals surface area (Å²) in [5.41, 5.74) is 1.52. The van der Waals surface area contributed by atoms with E-state index in [0.29, 0.717) is 11.5 Å². The normalized spacial score (nSPS) is 11.6. The first-order valence-electron chi connectivity index (χ1n) is 6.94. The second-order valence-electron chi connectivity index (χ2n) is 5.39. The van der Waals surface area contributed by atoms with Crippen LogP contribution in [0.1, 0.15) is 35.7 Å².